The molecule has 0 spiro atoms. The number of hydrogen-bond acceptors (Lipinski definition) is 2. The van der Waals surface area contributed by atoms with Crippen molar-refractivity contribution in [2.75, 3.05) is 13.1 Å². The minimum absolute atomic E-state index is 0.141. The molecule has 4 atom stereocenters. The van der Waals surface area contributed by atoms with Crippen molar-refractivity contribution in [1.82, 2.24) is 4.90 Å². The van der Waals surface area contributed by atoms with Gasteiger partial charge in [0.15, 0.2) is 0 Å². The van der Waals surface area contributed by atoms with Crippen LogP contribution in [0.5, 0.6) is 0 Å². The topological polar surface area (TPSA) is 23.5 Å². The van der Waals surface area contributed by atoms with E-state index in [0.29, 0.717) is 17.9 Å². The van der Waals surface area contributed by atoms with Crippen LogP contribution in [0.15, 0.2) is 24.3 Å². The first-order valence-corrected chi connectivity index (χ1v) is 5.62. The second-order valence-corrected chi connectivity index (χ2v) is 4.70. The van der Waals surface area contributed by atoms with Gasteiger partial charge in [-0.1, -0.05) is 24.3 Å². The highest BCUT2D eigenvalue weighted by atomic mass is 16.3. The van der Waals surface area contributed by atoms with Gasteiger partial charge < -0.3 is 5.11 Å². The summed E-state index contributed by atoms with van der Waals surface area (Å²) in [4.78, 5) is 2.39. The van der Waals surface area contributed by atoms with Gasteiger partial charge in [-0.05, 0) is 24.7 Å². The van der Waals surface area contributed by atoms with E-state index in [1.165, 1.54) is 6.42 Å². The summed E-state index contributed by atoms with van der Waals surface area (Å²) in [6, 6.07) is 0.308. The molecule has 1 saturated heterocycles. The van der Waals surface area contributed by atoms with Gasteiger partial charge in [0.05, 0.1) is 12.1 Å². The van der Waals surface area contributed by atoms with Gasteiger partial charge in [-0.15, -0.1) is 0 Å². The monoisotopic (exact) mass is 191 g/mol. The molecule has 0 aromatic carbocycles. The summed E-state index contributed by atoms with van der Waals surface area (Å²) in [5, 5.41) is 10.2. The van der Waals surface area contributed by atoms with E-state index in [1.54, 1.807) is 0 Å². The molecule has 1 fully saturated rings. The number of nitrogens with zero attached hydrogens (tertiary/aromatic N) is 1. The predicted molar refractivity (Wildman–Crippen MR) is 55.9 cm³/mol. The Hall–Kier alpha value is -0.600. The lowest BCUT2D eigenvalue weighted by Crippen LogP contribution is -2.53. The van der Waals surface area contributed by atoms with Crippen molar-refractivity contribution in [2.45, 2.75) is 25.0 Å². The molecule has 2 heterocycles. The summed E-state index contributed by atoms with van der Waals surface area (Å²) in [7, 11) is 0. The van der Waals surface area contributed by atoms with Crippen LogP contribution in [0.1, 0.15) is 12.8 Å². The standard InChI is InChI=1S/C12H17NO/c14-12-10-5-2-1-4-9(10)8-13-7-3-6-11(12)13/h1,3-4,6,9-12,14H,2,5,7-8H2. The van der Waals surface area contributed by atoms with E-state index >= 15 is 0 Å². The number of rotatable bonds is 0. The maximum Gasteiger partial charge on any atom is 0.0765 e. The minimum Gasteiger partial charge on any atom is -0.391 e. The Labute approximate surface area is 84.9 Å². The summed E-state index contributed by atoms with van der Waals surface area (Å²) in [6.45, 7) is 2.16. The molecular weight excluding hydrogens is 174 g/mol. The number of aliphatic hydroxyl groups is 1. The third kappa shape index (κ3) is 1.17. The van der Waals surface area contributed by atoms with E-state index < -0.39 is 0 Å². The van der Waals surface area contributed by atoms with Gasteiger partial charge in [0.25, 0.3) is 0 Å². The highest BCUT2D eigenvalue weighted by Gasteiger charge is 2.41. The van der Waals surface area contributed by atoms with Crippen molar-refractivity contribution >= 4 is 0 Å². The summed E-state index contributed by atoms with van der Waals surface area (Å²) >= 11 is 0. The molecule has 4 unspecified atom stereocenters. The lowest BCUT2D eigenvalue weighted by Gasteiger charge is -2.44. The second kappa shape index (κ2) is 3.21. The Bertz CT molecular complexity index is 284. The number of aliphatic hydroxyl groups excluding tert-OH is 1. The molecule has 0 aromatic rings. The molecule has 76 valence electrons. The van der Waals surface area contributed by atoms with Crippen molar-refractivity contribution in [3.63, 3.8) is 0 Å². The lowest BCUT2D eigenvalue weighted by atomic mass is 9.75. The average Bonchev–Trinajstić information content (AvgIpc) is 2.66. The number of allylic oxidation sites excluding steroid dienone is 1. The van der Waals surface area contributed by atoms with Crippen LogP contribution >= 0.6 is 0 Å². The summed E-state index contributed by atoms with van der Waals surface area (Å²) < 4.78 is 0. The highest BCUT2D eigenvalue weighted by Crippen LogP contribution is 2.37. The fraction of sp³-hybridized carbons (Fsp3) is 0.667. The van der Waals surface area contributed by atoms with Gasteiger partial charge in [0, 0.05) is 13.1 Å². The number of hydrogen-bond donors (Lipinski definition) is 1. The first-order chi connectivity index (χ1) is 6.86. The maximum atomic E-state index is 10.2. The van der Waals surface area contributed by atoms with E-state index in [2.05, 4.69) is 29.2 Å². The van der Waals surface area contributed by atoms with Crippen molar-refractivity contribution < 1.29 is 5.11 Å². The minimum atomic E-state index is -0.141. The largest absolute Gasteiger partial charge is 0.391 e. The van der Waals surface area contributed by atoms with Crippen molar-refractivity contribution in [3.8, 4) is 0 Å². The van der Waals surface area contributed by atoms with Crippen LogP contribution in [0.4, 0.5) is 0 Å². The van der Waals surface area contributed by atoms with Crippen LogP contribution in [-0.2, 0) is 0 Å². The zero-order valence-electron chi connectivity index (χ0n) is 8.34. The normalized spacial score (nSPS) is 46.4. The fourth-order valence-electron chi connectivity index (χ4n) is 3.17. The van der Waals surface area contributed by atoms with Crippen LogP contribution in [0, 0.1) is 11.8 Å². The van der Waals surface area contributed by atoms with Gasteiger partial charge in [-0.3, -0.25) is 4.90 Å². The third-order valence-electron chi connectivity index (χ3n) is 3.93. The molecule has 3 aliphatic rings. The number of fused-ring (bicyclic) bond motifs is 2. The molecule has 3 rings (SSSR count). The molecule has 0 amide bonds. The molecule has 0 bridgehead atoms. The second-order valence-electron chi connectivity index (χ2n) is 4.70. The van der Waals surface area contributed by atoms with Gasteiger partial charge >= 0.3 is 0 Å². The van der Waals surface area contributed by atoms with E-state index in [-0.39, 0.29) is 6.10 Å². The van der Waals surface area contributed by atoms with Crippen molar-refractivity contribution in [1.29, 1.82) is 0 Å². The number of piperidine rings is 1. The van der Waals surface area contributed by atoms with Gasteiger partial charge in [0.1, 0.15) is 0 Å². The molecule has 0 aromatic heterocycles. The molecule has 2 aliphatic heterocycles. The molecule has 1 N–H and O–H groups in total. The van der Waals surface area contributed by atoms with Gasteiger partial charge in [-0.25, -0.2) is 0 Å². The van der Waals surface area contributed by atoms with Crippen molar-refractivity contribution in [2.24, 2.45) is 11.8 Å². The molecule has 1 aliphatic carbocycles. The summed E-state index contributed by atoms with van der Waals surface area (Å²) in [6.07, 6.45) is 11.1. The van der Waals surface area contributed by atoms with E-state index in [9.17, 15) is 5.11 Å². The first-order valence-electron chi connectivity index (χ1n) is 5.62. The zero-order valence-corrected chi connectivity index (χ0v) is 8.34. The van der Waals surface area contributed by atoms with Crippen LogP contribution in [0.2, 0.25) is 0 Å². The first kappa shape index (κ1) is 8.69. The Morgan fingerprint density at radius 3 is 3.07 bits per heavy atom. The quantitative estimate of drug-likeness (QED) is 0.581. The zero-order chi connectivity index (χ0) is 9.54. The Balaban J connectivity index is 1.86. The Morgan fingerprint density at radius 1 is 1.21 bits per heavy atom. The van der Waals surface area contributed by atoms with Crippen LogP contribution < -0.4 is 0 Å². The molecule has 2 nitrogen and oxygen atoms in total. The summed E-state index contributed by atoms with van der Waals surface area (Å²) in [5.74, 6) is 1.10. The van der Waals surface area contributed by atoms with Crippen LogP contribution in [0.25, 0.3) is 0 Å². The SMILES string of the molecule is OC1C2CCC=CC2CN2CC=CC12. The van der Waals surface area contributed by atoms with Crippen molar-refractivity contribution in [3.05, 3.63) is 24.3 Å². The van der Waals surface area contributed by atoms with E-state index in [4.69, 9.17) is 0 Å². The van der Waals surface area contributed by atoms with E-state index in [1.807, 2.05) is 0 Å². The van der Waals surface area contributed by atoms with Crippen LogP contribution in [-0.4, -0.2) is 35.2 Å². The smallest absolute Gasteiger partial charge is 0.0765 e. The third-order valence-corrected chi connectivity index (χ3v) is 3.93. The Morgan fingerprint density at radius 2 is 2.14 bits per heavy atom. The van der Waals surface area contributed by atoms with Gasteiger partial charge in [-0.2, -0.15) is 0 Å². The maximum absolute atomic E-state index is 10.2. The van der Waals surface area contributed by atoms with E-state index in [0.717, 1.165) is 19.5 Å². The van der Waals surface area contributed by atoms with Gasteiger partial charge in [0.2, 0.25) is 0 Å². The molecular formula is C12H17NO. The fourth-order valence-corrected chi connectivity index (χ4v) is 3.17. The highest BCUT2D eigenvalue weighted by molar-refractivity contribution is 5.15. The average molecular weight is 191 g/mol. The molecule has 0 radical (unpaired) electrons. The Kier molecular flexibility index (Phi) is 1.99. The molecule has 0 saturated carbocycles. The molecule has 14 heavy (non-hydrogen) atoms. The molecule has 2 heteroatoms. The summed E-state index contributed by atoms with van der Waals surface area (Å²) in [5.41, 5.74) is 0. The predicted octanol–water partition coefficient (Wildman–Crippen LogP) is 1.18. The lowest BCUT2D eigenvalue weighted by molar-refractivity contribution is -0.0266. The van der Waals surface area contributed by atoms with Crippen LogP contribution in [0.3, 0.4) is 0 Å².